The van der Waals surface area contributed by atoms with Gasteiger partial charge in [-0.1, -0.05) is 12.2 Å². The molecule has 0 spiro atoms. The number of hydrogen-bond acceptors (Lipinski definition) is 6. The summed E-state index contributed by atoms with van der Waals surface area (Å²) in [6, 6.07) is 3.43. The van der Waals surface area contributed by atoms with E-state index >= 15 is 0 Å². The van der Waals surface area contributed by atoms with E-state index in [-0.39, 0.29) is 42.3 Å². The smallest absolute Gasteiger partial charge is 0.254 e. The Balaban J connectivity index is 1.45. The van der Waals surface area contributed by atoms with Gasteiger partial charge in [0.2, 0.25) is 6.79 Å². The van der Waals surface area contributed by atoms with Crippen LogP contribution in [0.4, 0.5) is 0 Å². The van der Waals surface area contributed by atoms with Gasteiger partial charge in [-0.2, -0.15) is 10.1 Å². The third kappa shape index (κ3) is 1.95. The summed E-state index contributed by atoms with van der Waals surface area (Å²) >= 11 is 0. The summed E-state index contributed by atoms with van der Waals surface area (Å²) in [5, 5.41) is 5.19. The van der Waals surface area contributed by atoms with E-state index in [2.05, 4.69) is 17.3 Å². The lowest BCUT2D eigenvalue weighted by atomic mass is 9.85. The van der Waals surface area contributed by atoms with Crippen molar-refractivity contribution in [1.82, 2.24) is 5.01 Å². The summed E-state index contributed by atoms with van der Waals surface area (Å²) in [6.07, 6.45) is 6.49. The topological polar surface area (TPSA) is 77.4 Å². The second-order valence-corrected chi connectivity index (χ2v) is 6.68. The fraction of sp³-hybridized carbons (Fsp3) is 0.389. The third-order valence-corrected chi connectivity index (χ3v) is 5.48. The molecule has 2 fully saturated rings. The monoisotopic (exact) mass is 340 g/mol. The van der Waals surface area contributed by atoms with Crippen molar-refractivity contribution < 1.29 is 23.8 Å². The van der Waals surface area contributed by atoms with Gasteiger partial charge in [0.1, 0.15) is 5.75 Å². The molecule has 2 aliphatic carbocycles. The molecule has 0 N–H and O–H groups in total. The summed E-state index contributed by atoms with van der Waals surface area (Å²) < 4.78 is 16.0. The van der Waals surface area contributed by atoms with E-state index in [1.807, 2.05) is 0 Å². The van der Waals surface area contributed by atoms with Crippen molar-refractivity contribution >= 4 is 18.0 Å². The van der Waals surface area contributed by atoms with Crippen LogP contribution in [0.5, 0.6) is 17.2 Å². The normalized spacial score (nSPS) is 31.5. The van der Waals surface area contributed by atoms with Crippen LogP contribution >= 0.6 is 0 Å². The average molecular weight is 340 g/mol. The van der Waals surface area contributed by atoms with Crippen LogP contribution in [-0.2, 0) is 9.59 Å². The Hall–Kier alpha value is -2.83. The number of amides is 2. The first-order valence-electron chi connectivity index (χ1n) is 8.25. The average Bonchev–Trinajstić information content (AvgIpc) is 3.37. The number of allylic oxidation sites excluding steroid dienone is 2. The number of hydrogen-bond donors (Lipinski definition) is 0. The Morgan fingerprint density at radius 1 is 1.12 bits per heavy atom. The van der Waals surface area contributed by atoms with E-state index in [1.165, 1.54) is 13.3 Å². The maximum absolute atomic E-state index is 12.6. The van der Waals surface area contributed by atoms with Crippen LogP contribution < -0.4 is 14.2 Å². The number of ether oxygens (including phenoxy) is 3. The molecule has 1 aromatic carbocycles. The molecule has 0 unspecified atom stereocenters. The molecule has 128 valence electrons. The van der Waals surface area contributed by atoms with E-state index in [0.717, 1.165) is 11.4 Å². The zero-order valence-corrected chi connectivity index (χ0v) is 13.5. The van der Waals surface area contributed by atoms with Crippen LogP contribution in [-0.4, -0.2) is 36.9 Å². The fourth-order valence-electron chi connectivity index (χ4n) is 4.34. The van der Waals surface area contributed by atoms with Gasteiger partial charge < -0.3 is 14.2 Å². The standard InChI is InChI=1S/C18H16N2O5/c1-23-12-6-14-13(24-8-25-14)5-11(12)7-19-20-17(21)15-9-2-3-10(4-9)16(15)18(20)22/h2-3,5-7,9-10,15-16H,4,8H2,1H3/t9-,10-,15-,16+/m0/s1. The van der Waals surface area contributed by atoms with Crippen molar-refractivity contribution in [3.63, 3.8) is 0 Å². The highest BCUT2D eigenvalue weighted by atomic mass is 16.7. The molecule has 4 atom stereocenters. The quantitative estimate of drug-likeness (QED) is 0.474. The summed E-state index contributed by atoms with van der Waals surface area (Å²) in [5.74, 6) is 1.15. The first-order chi connectivity index (χ1) is 12.2. The van der Waals surface area contributed by atoms with Crippen LogP contribution in [0, 0.1) is 23.7 Å². The minimum Gasteiger partial charge on any atom is -0.496 e. The molecular weight excluding hydrogens is 324 g/mol. The Labute approximate surface area is 143 Å². The van der Waals surface area contributed by atoms with Gasteiger partial charge in [-0.05, 0) is 24.3 Å². The molecular formula is C18H16N2O5. The first kappa shape index (κ1) is 14.5. The van der Waals surface area contributed by atoms with Crippen molar-refractivity contribution in [2.75, 3.05) is 13.9 Å². The van der Waals surface area contributed by atoms with E-state index in [4.69, 9.17) is 14.2 Å². The number of rotatable bonds is 3. The van der Waals surface area contributed by atoms with E-state index < -0.39 is 0 Å². The number of benzene rings is 1. The highest BCUT2D eigenvalue weighted by molar-refractivity contribution is 6.07. The molecule has 7 nitrogen and oxygen atoms in total. The summed E-state index contributed by atoms with van der Waals surface area (Å²) in [6.45, 7) is 0.154. The largest absolute Gasteiger partial charge is 0.496 e. The number of methoxy groups -OCH3 is 1. The lowest BCUT2D eigenvalue weighted by Gasteiger charge is -2.13. The Kier molecular flexibility index (Phi) is 2.95. The molecule has 2 bridgehead atoms. The van der Waals surface area contributed by atoms with Crippen molar-refractivity contribution in [3.05, 3.63) is 29.8 Å². The van der Waals surface area contributed by atoms with Gasteiger partial charge in [-0.25, -0.2) is 0 Å². The van der Waals surface area contributed by atoms with Gasteiger partial charge in [-0.15, -0.1) is 0 Å². The molecule has 1 saturated heterocycles. The van der Waals surface area contributed by atoms with Crippen LogP contribution in [0.1, 0.15) is 12.0 Å². The first-order valence-corrected chi connectivity index (χ1v) is 8.25. The fourth-order valence-corrected chi connectivity index (χ4v) is 4.34. The maximum Gasteiger partial charge on any atom is 0.254 e. The van der Waals surface area contributed by atoms with Crippen molar-refractivity contribution in [2.45, 2.75) is 6.42 Å². The molecule has 5 rings (SSSR count). The summed E-state index contributed by atoms with van der Waals surface area (Å²) in [7, 11) is 1.54. The van der Waals surface area contributed by atoms with Gasteiger partial charge in [0.05, 0.1) is 25.2 Å². The number of carbonyl (C=O) groups is 2. The van der Waals surface area contributed by atoms with Crippen LogP contribution in [0.2, 0.25) is 0 Å². The number of nitrogens with zero attached hydrogens (tertiary/aromatic N) is 2. The van der Waals surface area contributed by atoms with E-state index in [1.54, 1.807) is 12.1 Å². The molecule has 2 amide bonds. The number of carbonyl (C=O) groups excluding carboxylic acids is 2. The predicted molar refractivity (Wildman–Crippen MR) is 86.3 cm³/mol. The zero-order chi connectivity index (χ0) is 17.1. The molecule has 0 radical (unpaired) electrons. The van der Waals surface area contributed by atoms with Gasteiger partial charge >= 0.3 is 0 Å². The Morgan fingerprint density at radius 3 is 2.40 bits per heavy atom. The number of hydrazone groups is 1. The van der Waals surface area contributed by atoms with Gasteiger partial charge in [0.15, 0.2) is 11.5 Å². The van der Waals surface area contributed by atoms with Crippen molar-refractivity contribution in [3.8, 4) is 17.2 Å². The molecule has 1 aromatic rings. The Bertz CT molecular complexity index is 816. The molecule has 4 aliphatic rings. The minimum atomic E-state index is -0.252. The number of imide groups is 1. The molecule has 2 aliphatic heterocycles. The summed E-state index contributed by atoms with van der Waals surface area (Å²) in [5.41, 5.74) is 0.616. The number of fused-ring (bicyclic) bond motifs is 6. The van der Waals surface area contributed by atoms with Gasteiger partial charge in [-0.3, -0.25) is 9.59 Å². The van der Waals surface area contributed by atoms with Crippen LogP contribution in [0.25, 0.3) is 0 Å². The van der Waals surface area contributed by atoms with E-state index in [0.29, 0.717) is 22.8 Å². The predicted octanol–water partition coefficient (Wildman–Crippen LogP) is 1.56. The molecule has 0 aromatic heterocycles. The summed E-state index contributed by atoms with van der Waals surface area (Å²) in [4.78, 5) is 25.3. The van der Waals surface area contributed by atoms with Crippen molar-refractivity contribution in [1.29, 1.82) is 0 Å². The molecule has 7 heteroatoms. The van der Waals surface area contributed by atoms with Gasteiger partial charge in [0.25, 0.3) is 11.8 Å². The minimum absolute atomic E-state index is 0.154. The third-order valence-electron chi connectivity index (χ3n) is 5.48. The Morgan fingerprint density at radius 2 is 1.76 bits per heavy atom. The zero-order valence-electron chi connectivity index (χ0n) is 13.5. The molecule has 1 saturated carbocycles. The van der Waals surface area contributed by atoms with Crippen LogP contribution in [0.3, 0.4) is 0 Å². The highest BCUT2D eigenvalue weighted by Gasteiger charge is 2.59. The van der Waals surface area contributed by atoms with Gasteiger partial charge in [0, 0.05) is 11.6 Å². The lowest BCUT2D eigenvalue weighted by molar-refractivity contribution is -0.140. The van der Waals surface area contributed by atoms with E-state index in [9.17, 15) is 9.59 Å². The SMILES string of the molecule is COc1cc2c(cc1C=NN1C(=O)[C@@H]3[C@H](C1=O)[C@H]1C=C[C@H]3C1)OCO2. The highest BCUT2D eigenvalue weighted by Crippen LogP contribution is 2.52. The second-order valence-electron chi connectivity index (χ2n) is 6.68. The molecule has 25 heavy (non-hydrogen) atoms. The molecule has 2 heterocycles. The van der Waals surface area contributed by atoms with Crippen molar-refractivity contribution in [2.24, 2.45) is 28.8 Å². The lowest BCUT2D eigenvalue weighted by Crippen LogP contribution is -2.28. The second kappa shape index (κ2) is 5.08. The van der Waals surface area contributed by atoms with Crippen LogP contribution in [0.15, 0.2) is 29.4 Å². The maximum atomic E-state index is 12.6.